The fourth-order valence-electron chi connectivity index (χ4n) is 4.64. The molecule has 3 N–H and O–H groups in total. The van der Waals surface area contributed by atoms with Crippen molar-refractivity contribution in [3.05, 3.63) is 59.7 Å². The second-order valence-electron chi connectivity index (χ2n) is 10.6. The zero-order valence-corrected chi connectivity index (χ0v) is 22.4. The Bertz CT molecular complexity index is 1380. The van der Waals surface area contributed by atoms with Crippen LogP contribution >= 0.6 is 0 Å². The van der Waals surface area contributed by atoms with Gasteiger partial charge < -0.3 is 30.3 Å². The standard InChI is InChI=1S/C28H33N7O4/c1-28(2,3)39-27(37)35-9-7-18-14-19(4-5-20(18)17-35)21-16-31-25(29)24(32-21)26(36)33-22-15-30-8-6-23(22)34-10-12-38-13-11-34/h4-6,8,14-16H,7,9-13,17H2,1-3H3,(H2,29,31)(H,33,36). The first-order valence-corrected chi connectivity index (χ1v) is 13.0. The molecule has 204 valence electrons. The van der Waals surface area contributed by atoms with Gasteiger partial charge in [-0.05, 0) is 50.5 Å². The molecule has 39 heavy (non-hydrogen) atoms. The molecule has 2 aromatic heterocycles. The number of pyridine rings is 1. The molecule has 1 aromatic carbocycles. The molecule has 4 heterocycles. The highest BCUT2D eigenvalue weighted by Gasteiger charge is 2.26. The second-order valence-corrected chi connectivity index (χ2v) is 10.6. The van der Waals surface area contributed by atoms with Crippen LogP contribution in [-0.2, 0) is 22.4 Å². The molecule has 0 atom stereocenters. The smallest absolute Gasteiger partial charge is 0.410 e. The molecule has 0 unspecified atom stereocenters. The Morgan fingerprint density at radius 1 is 1.08 bits per heavy atom. The van der Waals surface area contributed by atoms with Gasteiger partial charge in [-0.3, -0.25) is 9.78 Å². The first-order valence-electron chi connectivity index (χ1n) is 13.0. The number of aromatic nitrogens is 3. The van der Waals surface area contributed by atoms with E-state index in [0.29, 0.717) is 44.1 Å². The number of hydrogen-bond acceptors (Lipinski definition) is 9. The van der Waals surface area contributed by atoms with E-state index in [4.69, 9.17) is 15.2 Å². The number of nitrogens with one attached hydrogen (secondary N) is 1. The first-order chi connectivity index (χ1) is 18.7. The third-order valence-electron chi connectivity index (χ3n) is 6.58. The summed E-state index contributed by atoms with van der Waals surface area (Å²) in [5.74, 6) is -0.422. The lowest BCUT2D eigenvalue weighted by Crippen LogP contribution is -2.39. The number of anilines is 3. The van der Waals surface area contributed by atoms with Crippen LogP contribution in [0.25, 0.3) is 11.3 Å². The van der Waals surface area contributed by atoms with E-state index in [1.165, 1.54) is 0 Å². The highest BCUT2D eigenvalue weighted by atomic mass is 16.6. The molecule has 11 heteroatoms. The number of hydrogen-bond donors (Lipinski definition) is 2. The van der Waals surface area contributed by atoms with Crippen molar-refractivity contribution >= 4 is 29.2 Å². The van der Waals surface area contributed by atoms with Crippen LogP contribution in [0.5, 0.6) is 0 Å². The van der Waals surface area contributed by atoms with E-state index in [1.807, 2.05) is 45.0 Å². The maximum Gasteiger partial charge on any atom is 0.410 e. The summed E-state index contributed by atoms with van der Waals surface area (Å²) in [4.78, 5) is 42.6. The monoisotopic (exact) mass is 531 g/mol. The van der Waals surface area contributed by atoms with Gasteiger partial charge in [0, 0.05) is 37.9 Å². The summed E-state index contributed by atoms with van der Waals surface area (Å²) in [5, 5.41) is 2.91. The van der Waals surface area contributed by atoms with Crippen molar-refractivity contribution in [3.8, 4) is 11.3 Å². The number of rotatable bonds is 4. The van der Waals surface area contributed by atoms with E-state index < -0.39 is 11.5 Å². The quantitative estimate of drug-likeness (QED) is 0.518. The van der Waals surface area contributed by atoms with Crippen molar-refractivity contribution < 1.29 is 19.1 Å². The average Bonchev–Trinajstić information content (AvgIpc) is 2.92. The molecule has 2 aliphatic rings. The van der Waals surface area contributed by atoms with Crippen molar-refractivity contribution in [2.75, 3.05) is 48.8 Å². The van der Waals surface area contributed by atoms with Crippen molar-refractivity contribution in [2.24, 2.45) is 0 Å². The highest BCUT2D eigenvalue weighted by molar-refractivity contribution is 6.07. The van der Waals surface area contributed by atoms with Crippen LogP contribution < -0.4 is 16.0 Å². The molecule has 0 spiro atoms. The molecule has 0 aliphatic carbocycles. The highest BCUT2D eigenvalue weighted by Crippen LogP contribution is 2.29. The summed E-state index contributed by atoms with van der Waals surface area (Å²) in [7, 11) is 0. The normalized spacial score (nSPS) is 15.5. The number of ether oxygens (including phenoxy) is 2. The lowest BCUT2D eigenvalue weighted by atomic mass is 9.96. The van der Waals surface area contributed by atoms with Gasteiger partial charge in [-0.25, -0.2) is 14.8 Å². The summed E-state index contributed by atoms with van der Waals surface area (Å²) < 4.78 is 11.0. The Morgan fingerprint density at radius 3 is 2.64 bits per heavy atom. The van der Waals surface area contributed by atoms with Gasteiger partial charge in [0.1, 0.15) is 5.60 Å². The Balaban J connectivity index is 1.34. The van der Waals surface area contributed by atoms with Crippen LogP contribution in [-0.4, -0.2) is 70.3 Å². The van der Waals surface area contributed by atoms with Gasteiger partial charge in [0.05, 0.1) is 42.7 Å². The lowest BCUT2D eigenvalue weighted by Gasteiger charge is -2.31. The van der Waals surface area contributed by atoms with Gasteiger partial charge in [-0.1, -0.05) is 12.1 Å². The van der Waals surface area contributed by atoms with E-state index in [9.17, 15) is 9.59 Å². The number of carbonyl (C=O) groups is 2. The maximum atomic E-state index is 13.3. The van der Waals surface area contributed by atoms with E-state index in [2.05, 4.69) is 25.2 Å². The van der Waals surface area contributed by atoms with Crippen molar-refractivity contribution in [3.63, 3.8) is 0 Å². The minimum absolute atomic E-state index is 0.0399. The van der Waals surface area contributed by atoms with E-state index >= 15 is 0 Å². The lowest BCUT2D eigenvalue weighted by molar-refractivity contribution is 0.0224. The van der Waals surface area contributed by atoms with Crippen molar-refractivity contribution in [1.29, 1.82) is 0 Å². The number of nitrogens with two attached hydrogens (primary N) is 1. The summed E-state index contributed by atoms with van der Waals surface area (Å²) in [5.41, 5.74) is 10.5. The molecular formula is C28H33N7O4. The Kier molecular flexibility index (Phi) is 7.34. The summed E-state index contributed by atoms with van der Waals surface area (Å²) in [6.07, 6.45) is 5.23. The summed E-state index contributed by atoms with van der Waals surface area (Å²) in [6, 6.07) is 7.78. The molecule has 0 saturated carbocycles. The second kappa shape index (κ2) is 10.9. The van der Waals surface area contributed by atoms with Gasteiger partial charge in [0.15, 0.2) is 11.5 Å². The number of benzene rings is 1. The van der Waals surface area contributed by atoms with Crippen LogP contribution in [0.4, 0.5) is 22.0 Å². The molecule has 3 aromatic rings. The van der Waals surface area contributed by atoms with Gasteiger partial charge in [-0.15, -0.1) is 0 Å². The minimum atomic E-state index is -0.542. The minimum Gasteiger partial charge on any atom is -0.444 e. The van der Waals surface area contributed by atoms with Crippen LogP contribution in [0.3, 0.4) is 0 Å². The molecule has 1 fully saturated rings. The van der Waals surface area contributed by atoms with Gasteiger partial charge in [0.25, 0.3) is 5.91 Å². The third kappa shape index (κ3) is 6.09. The number of morpholine rings is 1. The zero-order valence-electron chi connectivity index (χ0n) is 22.4. The Hall–Kier alpha value is -4.25. The number of fused-ring (bicyclic) bond motifs is 1. The largest absolute Gasteiger partial charge is 0.444 e. The van der Waals surface area contributed by atoms with E-state index in [1.54, 1.807) is 23.5 Å². The van der Waals surface area contributed by atoms with Crippen molar-refractivity contribution in [1.82, 2.24) is 19.9 Å². The van der Waals surface area contributed by atoms with Crippen LogP contribution in [0, 0.1) is 0 Å². The van der Waals surface area contributed by atoms with Gasteiger partial charge in [-0.2, -0.15) is 0 Å². The van der Waals surface area contributed by atoms with Crippen LogP contribution in [0.15, 0.2) is 42.9 Å². The zero-order chi connectivity index (χ0) is 27.6. The predicted molar refractivity (Wildman–Crippen MR) is 147 cm³/mol. The number of carbonyl (C=O) groups excluding carboxylic acids is 2. The molecule has 0 radical (unpaired) electrons. The molecule has 5 rings (SSSR count). The molecule has 1 saturated heterocycles. The molecule has 0 bridgehead atoms. The Morgan fingerprint density at radius 2 is 1.87 bits per heavy atom. The van der Waals surface area contributed by atoms with Crippen molar-refractivity contribution in [2.45, 2.75) is 39.3 Å². The molecule has 11 nitrogen and oxygen atoms in total. The summed E-state index contributed by atoms with van der Waals surface area (Å²) in [6.45, 7) is 9.29. The number of amides is 2. The maximum absolute atomic E-state index is 13.3. The van der Waals surface area contributed by atoms with Crippen LogP contribution in [0.2, 0.25) is 0 Å². The molecular weight excluding hydrogens is 498 g/mol. The summed E-state index contributed by atoms with van der Waals surface area (Å²) >= 11 is 0. The first kappa shape index (κ1) is 26.4. The fourth-order valence-corrected chi connectivity index (χ4v) is 4.64. The van der Waals surface area contributed by atoms with Gasteiger partial charge >= 0.3 is 6.09 Å². The van der Waals surface area contributed by atoms with Crippen LogP contribution in [0.1, 0.15) is 42.4 Å². The number of nitrogen functional groups attached to an aromatic ring is 1. The SMILES string of the molecule is CC(C)(C)OC(=O)N1CCc2cc(-c3cnc(N)c(C(=O)Nc4cnccc4N4CCOCC4)n3)ccc2C1. The average molecular weight is 532 g/mol. The number of nitrogens with zero attached hydrogens (tertiary/aromatic N) is 5. The van der Waals surface area contributed by atoms with Gasteiger partial charge in [0.2, 0.25) is 0 Å². The fraction of sp³-hybridized carbons (Fsp3) is 0.393. The third-order valence-corrected chi connectivity index (χ3v) is 6.58. The van der Waals surface area contributed by atoms with E-state index in [-0.39, 0.29) is 17.6 Å². The molecule has 2 aliphatic heterocycles. The Labute approximate surface area is 227 Å². The predicted octanol–water partition coefficient (Wildman–Crippen LogP) is 3.50. The van der Waals surface area contributed by atoms with E-state index in [0.717, 1.165) is 35.5 Å². The topological polar surface area (TPSA) is 136 Å². The molecule has 2 amide bonds.